The van der Waals surface area contributed by atoms with E-state index in [1.165, 1.54) is 8.97 Å². The van der Waals surface area contributed by atoms with Gasteiger partial charge in [0, 0.05) is 18.2 Å². The Balaban J connectivity index is 2.34. The number of aromatic amines is 1. The molecular formula is C16H19N5O3. The van der Waals surface area contributed by atoms with Crippen LogP contribution in [0, 0.1) is 0 Å². The van der Waals surface area contributed by atoms with Crippen molar-refractivity contribution in [1.29, 1.82) is 0 Å². The van der Waals surface area contributed by atoms with Crippen LogP contribution < -0.4 is 16.6 Å². The first kappa shape index (κ1) is 16.0. The number of amides is 1. The van der Waals surface area contributed by atoms with Gasteiger partial charge in [-0.2, -0.15) is 0 Å². The molecule has 3 rings (SSSR count). The van der Waals surface area contributed by atoms with Crippen LogP contribution in [0.15, 0.2) is 27.8 Å². The highest BCUT2D eigenvalue weighted by atomic mass is 16.2. The lowest BCUT2D eigenvalue weighted by molar-refractivity contribution is 0.0943. The largest absolute Gasteiger partial charge is 0.350 e. The van der Waals surface area contributed by atoms with Gasteiger partial charge in [-0.15, -0.1) is 5.10 Å². The number of rotatable bonds is 4. The average molecular weight is 329 g/mol. The summed E-state index contributed by atoms with van der Waals surface area (Å²) in [5.74, 6) is -0.00454. The zero-order chi connectivity index (χ0) is 17.4. The summed E-state index contributed by atoms with van der Waals surface area (Å²) in [6.45, 7) is 6.12. The molecule has 0 saturated heterocycles. The predicted octanol–water partition coefficient (Wildman–Crippen LogP) is 0.886. The Kier molecular flexibility index (Phi) is 3.96. The minimum Gasteiger partial charge on any atom is -0.350 e. The van der Waals surface area contributed by atoms with Gasteiger partial charge in [0.2, 0.25) is 5.78 Å². The van der Waals surface area contributed by atoms with E-state index in [1.807, 2.05) is 20.8 Å². The number of carbonyl (C=O) groups excluding carboxylic acids is 1. The number of carbonyl (C=O) groups is 1. The van der Waals surface area contributed by atoms with E-state index in [-0.39, 0.29) is 23.3 Å². The Hall–Kier alpha value is -2.90. The number of nitrogens with zero attached hydrogens (tertiary/aromatic N) is 3. The predicted molar refractivity (Wildman–Crippen MR) is 90.5 cm³/mol. The lowest BCUT2D eigenvalue weighted by Gasteiger charge is -2.11. The molecule has 0 aliphatic heterocycles. The van der Waals surface area contributed by atoms with E-state index in [2.05, 4.69) is 15.5 Å². The number of hydrogen-bond donors (Lipinski definition) is 2. The van der Waals surface area contributed by atoms with Crippen LogP contribution in [0.5, 0.6) is 0 Å². The summed E-state index contributed by atoms with van der Waals surface area (Å²) in [5.41, 5.74) is 0.0891. The van der Waals surface area contributed by atoms with Crippen molar-refractivity contribution >= 4 is 22.6 Å². The van der Waals surface area contributed by atoms with Crippen molar-refractivity contribution in [1.82, 2.24) is 24.5 Å². The maximum Gasteiger partial charge on any atom is 0.349 e. The van der Waals surface area contributed by atoms with Crippen LogP contribution in [0.4, 0.5) is 0 Å². The van der Waals surface area contributed by atoms with Crippen LogP contribution in [0.1, 0.15) is 37.6 Å². The molecule has 0 aliphatic rings. The Labute approximate surface area is 137 Å². The Bertz CT molecular complexity index is 1040. The van der Waals surface area contributed by atoms with E-state index >= 15 is 0 Å². The number of fused-ring (bicyclic) bond motifs is 3. The summed E-state index contributed by atoms with van der Waals surface area (Å²) >= 11 is 0. The molecule has 24 heavy (non-hydrogen) atoms. The van der Waals surface area contributed by atoms with Gasteiger partial charge in [0.05, 0.1) is 10.9 Å². The lowest BCUT2D eigenvalue weighted by atomic mass is 10.1. The fourth-order valence-electron chi connectivity index (χ4n) is 2.73. The molecule has 0 aliphatic carbocycles. The summed E-state index contributed by atoms with van der Waals surface area (Å²) in [6, 6.07) is 4.71. The zero-order valence-electron chi connectivity index (χ0n) is 13.8. The zero-order valence-corrected chi connectivity index (χ0v) is 13.8. The van der Waals surface area contributed by atoms with Crippen LogP contribution in [0.2, 0.25) is 0 Å². The first-order valence-corrected chi connectivity index (χ1v) is 7.88. The smallest absolute Gasteiger partial charge is 0.349 e. The van der Waals surface area contributed by atoms with Gasteiger partial charge in [-0.3, -0.25) is 14.2 Å². The van der Waals surface area contributed by atoms with Gasteiger partial charge in [0.15, 0.2) is 0 Å². The van der Waals surface area contributed by atoms with Gasteiger partial charge in [0.1, 0.15) is 0 Å². The van der Waals surface area contributed by atoms with Crippen molar-refractivity contribution in [3.63, 3.8) is 0 Å². The second-order valence-electron chi connectivity index (χ2n) is 5.98. The van der Waals surface area contributed by atoms with Gasteiger partial charge >= 0.3 is 5.69 Å². The third kappa shape index (κ3) is 2.49. The van der Waals surface area contributed by atoms with Gasteiger partial charge in [-0.1, -0.05) is 6.92 Å². The van der Waals surface area contributed by atoms with Crippen molar-refractivity contribution in [3.05, 3.63) is 44.6 Å². The van der Waals surface area contributed by atoms with E-state index in [9.17, 15) is 14.4 Å². The highest BCUT2D eigenvalue weighted by Crippen LogP contribution is 2.14. The maximum absolute atomic E-state index is 12.7. The number of H-pyrrole nitrogens is 1. The number of benzene rings is 1. The summed E-state index contributed by atoms with van der Waals surface area (Å²) in [4.78, 5) is 37.0. The molecular weight excluding hydrogens is 310 g/mol. The fraction of sp³-hybridized carbons (Fsp3) is 0.375. The molecule has 2 aromatic heterocycles. The van der Waals surface area contributed by atoms with E-state index in [0.717, 1.165) is 6.42 Å². The third-order valence-electron chi connectivity index (χ3n) is 3.74. The van der Waals surface area contributed by atoms with E-state index < -0.39 is 5.69 Å². The SMILES string of the molecule is CCCn1c(=O)c2ccc(C(=O)NC(C)C)cc2n2c(=O)[nH]nc12. The van der Waals surface area contributed by atoms with Crippen molar-refractivity contribution in [2.75, 3.05) is 0 Å². The fourth-order valence-corrected chi connectivity index (χ4v) is 2.73. The molecule has 0 spiro atoms. The Morgan fingerprint density at radius 1 is 1.33 bits per heavy atom. The molecule has 2 heterocycles. The van der Waals surface area contributed by atoms with E-state index in [0.29, 0.717) is 23.0 Å². The minimum atomic E-state index is -0.443. The van der Waals surface area contributed by atoms with Crippen LogP contribution in [-0.2, 0) is 6.54 Å². The molecule has 8 nitrogen and oxygen atoms in total. The molecule has 2 N–H and O–H groups in total. The second-order valence-corrected chi connectivity index (χ2v) is 5.98. The summed E-state index contributed by atoms with van der Waals surface area (Å²) in [6.07, 6.45) is 0.733. The summed E-state index contributed by atoms with van der Waals surface area (Å²) in [7, 11) is 0. The van der Waals surface area contributed by atoms with Gasteiger partial charge in [-0.25, -0.2) is 14.3 Å². The molecule has 0 atom stereocenters. The van der Waals surface area contributed by atoms with E-state index in [4.69, 9.17) is 0 Å². The van der Waals surface area contributed by atoms with E-state index in [1.54, 1.807) is 18.2 Å². The van der Waals surface area contributed by atoms with Gasteiger partial charge < -0.3 is 5.32 Å². The van der Waals surface area contributed by atoms with Crippen molar-refractivity contribution in [2.24, 2.45) is 0 Å². The first-order chi connectivity index (χ1) is 11.4. The maximum atomic E-state index is 12.7. The monoisotopic (exact) mass is 329 g/mol. The van der Waals surface area contributed by atoms with Crippen molar-refractivity contribution in [3.8, 4) is 0 Å². The summed E-state index contributed by atoms with van der Waals surface area (Å²) < 4.78 is 2.80. The van der Waals surface area contributed by atoms with Crippen LogP contribution in [-0.4, -0.2) is 31.1 Å². The summed E-state index contributed by atoms with van der Waals surface area (Å²) in [5, 5.41) is 9.50. The van der Waals surface area contributed by atoms with Crippen molar-refractivity contribution in [2.45, 2.75) is 39.8 Å². The Morgan fingerprint density at radius 3 is 2.75 bits per heavy atom. The highest BCUT2D eigenvalue weighted by molar-refractivity contribution is 5.98. The first-order valence-electron chi connectivity index (χ1n) is 7.88. The normalized spacial score (nSPS) is 11.5. The molecule has 126 valence electrons. The standard InChI is InChI=1S/C16H19N5O3/c1-4-7-20-14(23)11-6-5-10(13(22)17-9(2)3)8-12(11)21-15(20)18-19-16(21)24/h5-6,8-9H,4,7H2,1-3H3,(H,17,22)(H,19,24). The number of aromatic nitrogens is 4. The van der Waals surface area contributed by atoms with Crippen LogP contribution in [0.25, 0.3) is 16.7 Å². The quantitative estimate of drug-likeness (QED) is 0.742. The molecule has 0 unspecified atom stereocenters. The third-order valence-corrected chi connectivity index (χ3v) is 3.74. The molecule has 1 amide bonds. The second kappa shape index (κ2) is 5.95. The van der Waals surface area contributed by atoms with Gasteiger partial charge in [-0.05, 0) is 38.5 Å². The number of hydrogen-bond acceptors (Lipinski definition) is 4. The minimum absolute atomic E-state index is 0.0116. The number of nitrogens with one attached hydrogen (secondary N) is 2. The molecule has 0 bridgehead atoms. The molecule has 0 fully saturated rings. The Morgan fingerprint density at radius 2 is 2.08 bits per heavy atom. The van der Waals surface area contributed by atoms with Crippen molar-refractivity contribution < 1.29 is 4.79 Å². The molecule has 3 aromatic rings. The average Bonchev–Trinajstić information content (AvgIpc) is 2.92. The van der Waals surface area contributed by atoms with Crippen LogP contribution in [0.3, 0.4) is 0 Å². The molecule has 0 radical (unpaired) electrons. The molecule has 0 saturated carbocycles. The molecule has 8 heteroatoms. The lowest BCUT2D eigenvalue weighted by Crippen LogP contribution is -2.30. The van der Waals surface area contributed by atoms with Gasteiger partial charge in [0.25, 0.3) is 11.5 Å². The number of aryl methyl sites for hydroxylation is 1. The highest BCUT2D eigenvalue weighted by Gasteiger charge is 2.16. The van der Waals surface area contributed by atoms with Crippen LogP contribution >= 0.6 is 0 Å². The topological polar surface area (TPSA) is 101 Å². The molecule has 1 aromatic carbocycles.